The van der Waals surface area contributed by atoms with Gasteiger partial charge in [0.1, 0.15) is 12.4 Å². The van der Waals surface area contributed by atoms with Crippen LogP contribution in [0.1, 0.15) is 11.1 Å². The van der Waals surface area contributed by atoms with Crippen LogP contribution in [-0.2, 0) is 6.61 Å². The molecule has 2 rings (SSSR count). The van der Waals surface area contributed by atoms with Crippen molar-refractivity contribution in [1.82, 2.24) is 0 Å². The van der Waals surface area contributed by atoms with Gasteiger partial charge in [0.25, 0.3) is 0 Å². The number of hydrogen-bond donors (Lipinski definition) is 2. The van der Waals surface area contributed by atoms with E-state index < -0.39 is 0 Å². The van der Waals surface area contributed by atoms with Crippen molar-refractivity contribution in [3.8, 4) is 11.5 Å². The summed E-state index contributed by atoms with van der Waals surface area (Å²) in [5, 5.41) is 8.24. The number of methoxy groups -OCH3 is 1. The lowest BCUT2D eigenvalue weighted by Crippen LogP contribution is -2.13. The fourth-order valence-electron chi connectivity index (χ4n) is 1.82. The minimum atomic E-state index is -0.0648. The molecule has 0 saturated heterocycles. The van der Waals surface area contributed by atoms with Crippen LogP contribution in [-0.4, -0.2) is 12.9 Å². The second-order valence-corrected chi connectivity index (χ2v) is 4.61. The van der Waals surface area contributed by atoms with E-state index in [1.54, 1.807) is 31.4 Å². The van der Waals surface area contributed by atoms with Crippen molar-refractivity contribution in [3.05, 3.63) is 58.6 Å². The minimum Gasteiger partial charge on any atom is -0.493 e. The molecule has 0 radical (unpaired) electrons. The summed E-state index contributed by atoms with van der Waals surface area (Å²) in [5.74, 6) is 0.937. The Morgan fingerprint density at radius 3 is 2.65 bits per heavy atom. The van der Waals surface area contributed by atoms with Gasteiger partial charge in [0.05, 0.1) is 12.7 Å². The van der Waals surface area contributed by atoms with Gasteiger partial charge in [-0.25, -0.2) is 0 Å². The molecule has 0 bridgehead atoms. The quantitative estimate of drug-likeness (QED) is 0.656. The first-order chi connectivity index (χ1) is 9.61. The summed E-state index contributed by atoms with van der Waals surface area (Å²) in [6.45, 7) is 0.321. The van der Waals surface area contributed by atoms with Gasteiger partial charge in [-0.2, -0.15) is 0 Å². The maximum atomic E-state index is 7.59. The second kappa shape index (κ2) is 6.30. The summed E-state index contributed by atoms with van der Waals surface area (Å²) in [6, 6.07) is 12.6. The molecule has 0 atom stereocenters. The van der Waals surface area contributed by atoms with E-state index in [4.69, 9.17) is 32.2 Å². The lowest BCUT2D eigenvalue weighted by Gasteiger charge is -2.14. The maximum Gasteiger partial charge on any atom is 0.172 e. The van der Waals surface area contributed by atoms with Crippen LogP contribution in [0.4, 0.5) is 0 Å². The third kappa shape index (κ3) is 3.22. The van der Waals surface area contributed by atoms with Gasteiger partial charge in [-0.15, -0.1) is 0 Å². The summed E-state index contributed by atoms with van der Waals surface area (Å²) >= 11 is 5.93. The van der Waals surface area contributed by atoms with Gasteiger partial charge in [0, 0.05) is 5.02 Å². The average Bonchev–Trinajstić information content (AvgIpc) is 2.44. The average molecular weight is 291 g/mol. The molecule has 0 aliphatic rings. The SMILES string of the molecule is COc1cccc(C(=N)N)c1OCc1cccc(Cl)c1. The first-order valence-corrected chi connectivity index (χ1v) is 6.38. The number of nitrogen functional groups attached to an aromatic ring is 1. The van der Waals surface area contributed by atoms with E-state index in [2.05, 4.69) is 0 Å². The summed E-state index contributed by atoms with van der Waals surface area (Å²) in [4.78, 5) is 0. The molecule has 3 N–H and O–H groups in total. The van der Waals surface area contributed by atoms with E-state index in [-0.39, 0.29) is 5.84 Å². The van der Waals surface area contributed by atoms with Crippen molar-refractivity contribution >= 4 is 17.4 Å². The van der Waals surface area contributed by atoms with Gasteiger partial charge in [0.2, 0.25) is 0 Å². The third-order valence-corrected chi connectivity index (χ3v) is 3.00. The largest absolute Gasteiger partial charge is 0.493 e. The lowest BCUT2D eigenvalue weighted by molar-refractivity contribution is 0.284. The van der Waals surface area contributed by atoms with Crippen molar-refractivity contribution in [2.45, 2.75) is 6.61 Å². The Morgan fingerprint density at radius 2 is 2.00 bits per heavy atom. The number of nitrogens with two attached hydrogens (primary N) is 1. The van der Waals surface area contributed by atoms with Crippen molar-refractivity contribution in [3.63, 3.8) is 0 Å². The monoisotopic (exact) mass is 290 g/mol. The molecule has 0 fully saturated rings. The number of halogens is 1. The molecule has 4 nitrogen and oxygen atoms in total. The number of nitrogens with one attached hydrogen (secondary N) is 1. The van der Waals surface area contributed by atoms with Gasteiger partial charge in [-0.05, 0) is 29.8 Å². The first-order valence-electron chi connectivity index (χ1n) is 6.00. The number of ether oxygens (including phenoxy) is 2. The predicted octanol–water partition coefficient (Wildman–Crippen LogP) is 3.21. The van der Waals surface area contributed by atoms with E-state index in [0.29, 0.717) is 28.7 Å². The molecule has 0 aliphatic carbocycles. The fraction of sp³-hybridized carbons (Fsp3) is 0.133. The molecule has 2 aromatic rings. The highest BCUT2D eigenvalue weighted by Crippen LogP contribution is 2.31. The molecule has 20 heavy (non-hydrogen) atoms. The topological polar surface area (TPSA) is 68.3 Å². The maximum absolute atomic E-state index is 7.59. The van der Waals surface area contributed by atoms with Gasteiger partial charge < -0.3 is 15.2 Å². The number of rotatable bonds is 5. The Hall–Kier alpha value is -2.20. The molecule has 2 aromatic carbocycles. The van der Waals surface area contributed by atoms with Crippen LogP contribution in [0.15, 0.2) is 42.5 Å². The number of benzene rings is 2. The van der Waals surface area contributed by atoms with Crippen LogP contribution in [0.2, 0.25) is 5.02 Å². The number of hydrogen-bond acceptors (Lipinski definition) is 3. The molecule has 0 spiro atoms. The molecule has 0 aromatic heterocycles. The van der Waals surface area contributed by atoms with Crippen LogP contribution in [0.5, 0.6) is 11.5 Å². The van der Waals surface area contributed by atoms with E-state index in [0.717, 1.165) is 5.56 Å². The molecule has 104 valence electrons. The highest BCUT2D eigenvalue weighted by molar-refractivity contribution is 6.30. The van der Waals surface area contributed by atoms with E-state index in [1.807, 2.05) is 18.2 Å². The van der Waals surface area contributed by atoms with Crippen molar-refractivity contribution < 1.29 is 9.47 Å². The van der Waals surface area contributed by atoms with Crippen LogP contribution < -0.4 is 15.2 Å². The standard InChI is InChI=1S/C15H15ClN2O2/c1-19-13-7-3-6-12(15(17)18)14(13)20-9-10-4-2-5-11(16)8-10/h2-8H,9H2,1H3,(H3,17,18). The van der Waals surface area contributed by atoms with Crippen LogP contribution >= 0.6 is 11.6 Å². The Labute approximate surface area is 122 Å². The van der Waals surface area contributed by atoms with Crippen molar-refractivity contribution in [2.75, 3.05) is 7.11 Å². The molecular weight excluding hydrogens is 276 g/mol. The fourth-order valence-corrected chi connectivity index (χ4v) is 2.03. The Kier molecular flexibility index (Phi) is 4.48. The van der Waals surface area contributed by atoms with Crippen molar-refractivity contribution in [1.29, 1.82) is 5.41 Å². The lowest BCUT2D eigenvalue weighted by atomic mass is 10.1. The zero-order chi connectivity index (χ0) is 14.5. The normalized spacial score (nSPS) is 10.1. The molecular formula is C15H15ClN2O2. The second-order valence-electron chi connectivity index (χ2n) is 4.17. The number of amidine groups is 1. The summed E-state index contributed by atoms with van der Waals surface area (Å²) in [5.41, 5.74) is 6.99. The zero-order valence-corrected chi connectivity index (χ0v) is 11.8. The molecule has 0 unspecified atom stereocenters. The van der Waals surface area contributed by atoms with Crippen LogP contribution in [0.3, 0.4) is 0 Å². The van der Waals surface area contributed by atoms with Gasteiger partial charge >= 0.3 is 0 Å². The molecule has 0 aliphatic heterocycles. The van der Waals surface area contributed by atoms with Gasteiger partial charge in [-0.3, -0.25) is 5.41 Å². The van der Waals surface area contributed by atoms with Crippen LogP contribution in [0, 0.1) is 5.41 Å². The molecule has 0 saturated carbocycles. The Bertz CT molecular complexity index is 629. The van der Waals surface area contributed by atoms with E-state index in [9.17, 15) is 0 Å². The van der Waals surface area contributed by atoms with Gasteiger partial charge in [-0.1, -0.05) is 29.8 Å². The summed E-state index contributed by atoms with van der Waals surface area (Å²) in [6.07, 6.45) is 0. The molecule has 5 heteroatoms. The van der Waals surface area contributed by atoms with Crippen molar-refractivity contribution in [2.24, 2.45) is 5.73 Å². The summed E-state index contributed by atoms with van der Waals surface area (Å²) in [7, 11) is 1.55. The third-order valence-electron chi connectivity index (χ3n) is 2.76. The number of para-hydroxylation sites is 1. The minimum absolute atomic E-state index is 0.0648. The summed E-state index contributed by atoms with van der Waals surface area (Å²) < 4.78 is 11.0. The predicted molar refractivity (Wildman–Crippen MR) is 79.8 cm³/mol. The highest BCUT2D eigenvalue weighted by atomic mass is 35.5. The van der Waals surface area contributed by atoms with E-state index >= 15 is 0 Å². The zero-order valence-electron chi connectivity index (χ0n) is 11.0. The highest BCUT2D eigenvalue weighted by Gasteiger charge is 2.12. The van der Waals surface area contributed by atoms with Gasteiger partial charge in [0.15, 0.2) is 11.5 Å². The smallest absolute Gasteiger partial charge is 0.172 e. The molecule has 0 heterocycles. The Balaban J connectivity index is 2.26. The first kappa shape index (κ1) is 14.2. The molecule has 0 amide bonds. The van der Waals surface area contributed by atoms with Crippen LogP contribution in [0.25, 0.3) is 0 Å². The Morgan fingerprint density at radius 1 is 1.25 bits per heavy atom. The van der Waals surface area contributed by atoms with E-state index in [1.165, 1.54) is 0 Å².